The van der Waals surface area contributed by atoms with E-state index in [9.17, 15) is 14.0 Å². The van der Waals surface area contributed by atoms with E-state index in [-0.39, 0.29) is 21.9 Å². The molecule has 7 heteroatoms. The van der Waals surface area contributed by atoms with Gasteiger partial charge in [-0.2, -0.15) is 0 Å². The molecule has 0 bridgehead atoms. The molecule has 0 fully saturated rings. The lowest BCUT2D eigenvalue weighted by Gasteiger charge is -2.18. The lowest BCUT2D eigenvalue weighted by atomic mass is 10.0. The number of rotatable bonds is 20. The van der Waals surface area contributed by atoms with E-state index < -0.39 is 17.9 Å². The van der Waals surface area contributed by atoms with Crippen molar-refractivity contribution in [2.24, 2.45) is 0 Å². The van der Waals surface area contributed by atoms with Crippen LogP contribution in [0.3, 0.4) is 0 Å². The zero-order valence-corrected chi connectivity index (χ0v) is 28.1. The number of thioether (sulfide) groups is 1. The largest absolute Gasteiger partial charge is 0.494 e. The first-order chi connectivity index (χ1) is 21.8. The third-order valence-electron chi connectivity index (χ3n) is 7.77. The highest BCUT2D eigenvalue weighted by molar-refractivity contribution is 8.14. The summed E-state index contributed by atoms with van der Waals surface area (Å²) in [5.74, 6) is -0.0310. The van der Waals surface area contributed by atoms with Crippen molar-refractivity contribution in [1.29, 1.82) is 0 Å². The Kier molecular flexibility index (Phi) is 16.0. The van der Waals surface area contributed by atoms with Gasteiger partial charge in [0, 0.05) is 11.6 Å². The van der Waals surface area contributed by atoms with E-state index in [1.165, 1.54) is 63.5 Å². The molecule has 244 valence electrons. The van der Waals surface area contributed by atoms with Gasteiger partial charge in [-0.05, 0) is 85.5 Å². The molecule has 0 aliphatic carbocycles. The minimum atomic E-state index is -0.878. The van der Waals surface area contributed by atoms with Gasteiger partial charge in [-0.25, -0.2) is 9.18 Å². The molecule has 0 spiro atoms. The first kappa shape index (κ1) is 36.2. The highest BCUT2D eigenvalue weighted by Gasteiger charge is 2.21. The number of carbonyl (C=O) groups excluding carboxylic acids is 2. The van der Waals surface area contributed by atoms with Crippen LogP contribution in [0.4, 0.5) is 4.39 Å². The fraction of sp³-hybridized carbons (Fsp3) is 0.474. The van der Waals surface area contributed by atoms with Gasteiger partial charge in [0.15, 0.2) is 6.10 Å². The Balaban J connectivity index is 1.44. The molecular weight excluding hydrogens is 587 g/mol. The van der Waals surface area contributed by atoms with Crippen molar-refractivity contribution in [1.82, 2.24) is 0 Å². The van der Waals surface area contributed by atoms with Crippen LogP contribution in [0.25, 0.3) is 11.1 Å². The number of hydrogen-bond donors (Lipinski definition) is 0. The van der Waals surface area contributed by atoms with Gasteiger partial charge in [-0.3, -0.25) is 4.79 Å². The van der Waals surface area contributed by atoms with E-state index in [1.54, 1.807) is 25.1 Å². The molecule has 3 aromatic carbocycles. The van der Waals surface area contributed by atoms with Gasteiger partial charge < -0.3 is 14.2 Å². The average molecular weight is 637 g/mol. The van der Waals surface area contributed by atoms with Gasteiger partial charge in [0.25, 0.3) is 0 Å². The summed E-state index contributed by atoms with van der Waals surface area (Å²) in [6, 6.07) is 19.5. The second-order valence-corrected chi connectivity index (χ2v) is 12.4. The molecule has 0 radical (unpaired) electrons. The van der Waals surface area contributed by atoms with Gasteiger partial charge >= 0.3 is 5.97 Å². The maximum atomic E-state index is 14.8. The smallest absolute Gasteiger partial charge is 0.347 e. The molecule has 1 unspecified atom stereocenters. The topological polar surface area (TPSA) is 61.8 Å². The van der Waals surface area contributed by atoms with Gasteiger partial charge in [0.1, 0.15) is 23.4 Å². The molecule has 0 amide bonds. The quantitative estimate of drug-likeness (QED) is 0.0698. The minimum absolute atomic E-state index is 0.168. The van der Waals surface area contributed by atoms with Crippen LogP contribution in [0.1, 0.15) is 109 Å². The van der Waals surface area contributed by atoms with E-state index in [4.69, 9.17) is 14.2 Å². The zero-order valence-electron chi connectivity index (χ0n) is 27.3. The third kappa shape index (κ3) is 12.5. The first-order valence-electron chi connectivity index (χ1n) is 16.6. The molecule has 3 rings (SSSR count). The molecule has 0 heterocycles. The standard InChI is InChI=1S/C38H49FO5S/c1-5-8-9-10-11-12-13-14-15-26-42-33-22-20-30(21-23-33)29-16-18-31(19-17-29)38(41)45-36-25-24-34(27-35(36)39)43-28(4)37(40)44-32(6-2)7-3/h16-25,27-28,32H,5-15,26H2,1-4H3. The van der Waals surface area contributed by atoms with Gasteiger partial charge in [-0.1, -0.05) is 96.4 Å². The Bertz CT molecular complexity index is 1300. The number of halogens is 1. The van der Waals surface area contributed by atoms with Crippen LogP contribution < -0.4 is 9.47 Å². The fourth-order valence-electron chi connectivity index (χ4n) is 4.91. The molecule has 0 aliphatic heterocycles. The van der Waals surface area contributed by atoms with Crippen LogP contribution in [-0.2, 0) is 9.53 Å². The molecule has 1 atom stereocenters. The zero-order chi connectivity index (χ0) is 32.4. The number of benzene rings is 3. The number of unbranched alkanes of at least 4 members (excludes halogenated alkanes) is 8. The second kappa shape index (κ2) is 19.9. The van der Waals surface area contributed by atoms with Crippen molar-refractivity contribution in [3.05, 3.63) is 78.1 Å². The summed E-state index contributed by atoms with van der Waals surface area (Å²) >= 11 is 0.815. The van der Waals surface area contributed by atoms with E-state index in [0.29, 0.717) is 18.4 Å². The predicted octanol–water partition coefficient (Wildman–Crippen LogP) is 10.8. The lowest BCUT2D eigenvalue weighted by Crippen LogP contribution is -2.29. The molecule has 0 aliphatic rings. The maximum absolute atomic E-state index is 14.8. The Morgan fingerprint density at radius 2 is 1.29 bits per heavy atom. The first-order valence-corrected chi connectivity index (χ1v) is 17.4. The monoisotopic (exact) mass is 636 g/mol. The average Bonchev–Trinajstić information content (AvgIpc) is 3.06. The molecule has 45 heavy (non-hydrogen) atoms. The molecule has 0 aromatic heterocycles. The number of ether oxygens (including phenoxy) is 3. The van der Waals surface area contributed by atoms with Crippen LogP contribution in [0, 0.1) is 5.82 Å². The Morgan fingerprint density at radius 1 is 0.733 bits per heavy atom. The van der Waals surface area contributed by atoms with Crippen molar-refractivity contribution >= 4 is 22.8 Å². The van der Waals surface area contributed by atoms with E-state index in [2.05, 4.69) is 6.92 Å². The van der Waals surface area contributed by atoms with Gasteiger partial charge in [-0.15, -0.1) is 0 Å². The maximum Gasteiger partial charge on any atom is 0.347 e. The number of esters is 1. The molecule has 3 aromatic rings. The number of carbonyl (C=O) groups is 2. The van der Waals surface area contributed by atoms with E-state index in [1.807, 2.05) is 50.2 Å². The molecule has 0 saturated carbocycles. The Morgan fingerprint density at radius 3 is 1.87 bits per heavy atom. The van der Waals surface area contributed by atoms with Crippen LogP contribution in [-0.4, -0.2) is 29.9 Å². The van der Waals surface area contributed by atoms with Crippen molar-refractivity contribution in [2.45, 2.75) is 115 Å². The predicted molar refractivity (Wildman–Crippen MR) is 182 cm³/mol. The van der Waals surface area contributed by atoms with Crippen molar-refractivity contribution < 1.29 is 28.2 Å². The van der Waals surface area contributed by atoms with Crippen molar-refractivity contribution in [3.8, 4) is 22.6 Å². The SMILES string of the molecule is CCCCCCCCCCCOc1ccc(-c2ccc(C(=O)Sc3ccc(OC(C)C(=O)OC(CC)CC)cc3F)cc2)cc1. The van der Waals surface area contributed by atoms with Gasteiger partial charge in [0.05, 0.1) is 11.5 Å². The van der Waals surface area contributed by atoms with Crippen molar-refractivity contribution in [2.75, 3.05) is 6.61 Å². The molecule has 0 N–H and O–H groups in total. The summed E-state index contributed by atoms with van der Waals surface area (Å²) in [6.07, 6.45) is 12.0. The fourth-order valence-corrected chi connectivity index (χ4v) is 5.66. The summed E-state index contributed by atoms with van der Waals surface area (Å²) in [4.78, 5) is 25.3. The minimum Gasteiger partial charge on any atom is -0.494 e. The molecular formula is C38H49FO5S. The molecule has 5 nitrogen and oxygen atoms in total. The van der Waals surface area contributed by atoms with E-state index >= 15 is 0 Å². The highest BCUT2D eigenvalue weighted by Crippen LogP contribution is 2.30. The normalized spacial score (nSPS) is 11.8. The Hall–Kier alpha value is -3.32. The summed E-state index contributed by atoms with van der Waals surface area (Å²) < 4.78 is 31.7. The van der Waals surface area contributed by atoms with Crippen LogP contribution in [0.2, 0.25) is 0 Å². The molecule has 0 saturated heterocycles. The summed E-state index contributed by atoms with van der Waals surface area (Å²) in [5.41, 5.74) is 2.48. The summed E-state index contributed by atoms with van der Waals surface area (Å²) in [6.45, 7) is 8.44. The summed E-state index contributed by atoms with van der Waals surface area (Å²) in [5, 5.41) is -0.267. The number of hydrogen-bond acceptors (Lipinski definition) is 6. The van der Waals surface area contributed by atoms with E-state index in [0.717, 1.165) is 41.7 Å². The van der Waals surface area contributed by atoms with Crippen LogP contribution >= 0.6 is 11.8 Å². The second-order valence-electron chi connectivity index (χ2n) is 11.4. The van der Waals surface area contributed by atoms with Gasteiger partial charge in [0.2, 0.25) is 5.12 Å². The summed E-state index contributed by atoms with van der Waals surface area (Å²) in [7, 11) is 0. The van der Waals surface area contributed by atoms with Crippen molar-refractivity contribution in [3.63, 3.8) is 0 Å². The van der Waals surface area contributed by atoms with Crippen LogP contribution in [0.5, 0.6) is 11.5 Å². The Labute approximate surface area is 273 Å². The highest BCUT2D eigenvalue weighted by atomic mass is 32.2. The lowest BCUT2D eigenvalue weighted by molar-refractivity contribution is -0.157. The van der Waals surface area contributed by atoms with Crippen LogP contribution in [0.15, 0.2) is 71.6 Å². The third-order valence-corrected chi connectivity index (χ3v) is 8.74.